The molecule has 1 unspecified atom stereocenters. The average Bonchev–Trinajstić information content (AvgIpc) is 3.29. The molecule has 2 N–H and O–H groups in total. The van der Waals surface area contributed by atoms with E-state index in [1.54, 1.807) is 6.20 Å². The molecule has 0 saturated carbocycles. The average molecular weight is 327 g/mol. The van der Waals surface area contributed by atoms with E-state index in [0.717, 1.165) is 37.8 Å². The topological polar surface area (TPSA) is 65.5 Å². The number of hydrogen-bond donors (Lipinski definition) is 2. The fourth-order valence-corrected chi connectivity index (χ4v) is 2.97. The van der Waals surface area contributed by atoms with Crippen LogP contribution in [0.1, 0.15) is 17.7 Å². The molecular weight excluding hydrogens is 302 g/mol. The highest BCUT2D eigenvalue weighted by Crippen LogP contribution is 2.17. The summed E-state index contributed by atoms with van der Waals surface area (Å²) in [7, 11) is 1.83. The Morgan fingerprint density at radius 3 is 3.00 bits per heavy atom. The second kappa shape index (κ2) is 8.49. The van der Waals surface area contributed by atoms with E-state index in [4.69, 9.17) is 4.74 Å². The summed E-state index contributed by atoms with van der Waals surface area (Å²) in [6, 6.07) is 12.3. The van der Waals surface area contributed by atoms with Crippen LogP contribution in [-0.4, -0.2) is 47.8 Å². The van der Waals surface area contributed by atoms with Crippen molar-refractivity contribution < 1.29 is 4.74 Å². The van der Waals surface area contributed by atoms with Crippen LogP contribution in [0.5, 0.6) is 0 Å². The van der Waals surface area contributed by atoms with E-state index >= 15 is 0 Å². The van der Waals surface area contributed by atoms with Crippen molar-refractivity contribution in [3.05, 3.63) is 53.9 Å². The van der Waals surface area contributed by atoms with Gasteiger partial charge in [-0.15, -0.1) is 0 Å². The molecule has 1 aromatic heterocycles. The van der Waals surface area contributed by atoms with Gasteiger partial charge in [0.25, 0.3) is 0 Å². The molecule has 6 nitrogen and oxygen atoms in total. The standard InChI is InChI=1S/C18H25N5O/c1-19-18(20-11-17-7-9-21-22-17)23-10-8-16(12-23)14-24-13-15-5-3-2-4-6-15/h2-7,9,16H,8,10-14H2,1H3,(H,19,20)(H,21,22). The predicted octanol–water partition coefficient (Wildman–Crippen LogP) is 2.02. The molecule has 0 spiro atoms. The van der Waals surface area contributed by atoms with Gasteiger partial charge >= 0.3 is 0 Å². The van der Waals surface area contributed by atoms with E-state index in [1.807, 2.05) is 31.3 Å². The van der Waals surface area contributed by atoms with Crippen molar-refractivity contribution in [1.29, 1.82) is 0 Å². The number of H-pyrrole nitrogens is 1. The molecule has 2 aromatic rings. The summed E-state index contributed by atoms with van der Waals surface area (Å²) in [4.78, 5) is 6.69. The maximum Gasteiger partial charge on any atom is 0.193 e. The van der Waals surface area contributed by atoms with Gasteiger partial charge in [-0.3, -0.25) is 10.1 Å². The van der Waals surface area contributed by atoms with Gasteiger partial charge in [-0.1, -0.05) is 30.3 Å². The minimum atomic E-state index is 0.555. The Hall–Kier alpha value is -2.34. The second-order valence-corrected chi connectivity index (χ2v) is 6.08. The van der Waals surface area contributed by atoms with Gasteiger partial charge < -0.3 is 15.0 Å². The third kappa shape index (κ3) is 4.58. The molecule has 3 rings (SSSR count). The first-order valence-corrected chi connectivity index (χ1v) is 8.40. The third-order valence-electron chi connectivity index (χ3n) is 4.26. The molecule has 1 fully saturated rings. The molecule has 0 aliphatic carbocycles. The van der Waals surface area contributed by atoms with Crippen molar-refractivity contribution in [2.24, 2.45) is 10.9 Å². The molecule has 2 heterocycles. The van der Waals surface area contributed by atoms with Crippen LogP contribution >= 0.6 is 0 Å². The Labute approximate surface area is 142 Å². The maximum absolute atomic E-state index is 5.88. The van der Waals surface area contributed by atoms with Crippen molar-refractivity contribution in [3.63, 3.8) is 0 Å². The molecule has 24 heavy (non-hydrogen) atoms. The number of benzene rings is 1. The number of aliphatic imine (C=N–C) groups is 1. The molecule has 1 aliphatic heterocycles. The molecule has 0 amide bonds. The van der Waals surface area contributed by atoms with E-state index < -0.39 is 0 Å². The molecule has 0 radical (unpaired) electrons. The summed E-state index contributed by atoms with van der Waals surface area (Å²) in [6.07, 6.45) is 2.90. The van der Waals surface area contributed by atoms with Crippen molar-refractivity contribution in [1.82, 2.24) is 20.4 Å². The number of nitrogens with zero attached hydrogens (tertiary/aromatic N) is 3. The Bertz CT molecular complexity index is 626. The van der Waals surface area contributed by atoms with Crippen LogP contribution in [0.25, 0.3) is 0 Å². The zero-order chi connectivity index (χ0) is 16.6. The van der Waals surface area contributed by atoms with Gasteiger partial charge in [-0.2, -0.15) is 5.10 Å². The molecule has 1 saturated heterocycles. The zero-order valence-electron chi connectivity index (χ0n) is 14.1. The van der Waals surface area contributed by atoms with Gasteiger partial charge in [0.05, 0.1) is 25.5 Å². The zero-order valence-corrected chi connectivity index (χ0v) is 14.1. The van der Waals surface area contributed by atoms with Gasteiger partial charge in [-0.05, 0) is 18.1 Å². The monoisotopic (exact) mass is 327 g/mol. The number of hydrogen-bond acceptors (Lipinski definition) is 3. The SMILES string of the molecule is CN=C(NCc1ccn[nH]1)N1CCC(COCc2ccccc2)C1. The van der Waals surface area contributed by atoms with E-state index in [9.17, 15) is 0 Å². The van der Waals surface area contributed by atoms with Gasteiger partial charge in [0.1, 0.15) is 0 Å². The highest BCUT2D eigenvalue weighted by Gasteiger charge is 2.24. The molecule has 1 aliphatic rings. The number of aromatic amines is 1. The second-order valence-electron chi connectivity index (χ2n) is 6.08. The number of nitrogens with one attached hydrogen (secondary N) is 2. The Balaban J connectivity index is 1.40. The van der Waals surface area contributed by atoms with E-state index in [1.165, 1.54) is 5.56 Å². The fourth-order valence-electron chi connectivity index (χ4n) is 2.97. The third-order valence-corrected chi connectivity index (χ3v) is 4.26. The molecule has 0 bridgehead atoms. The van der Waals surface area contributed by atoms with E-state index in [0.29, 0.717) is 19.1 Å². The first-order chi connectivity index (χ1) is 11.8. The largest absolute Gasteiger partial charge is 0.376 e. The maximum atomic E-state index is 5.88. The number of guanidine groups is 1. The van der Waals surface area contributed by atoms with E-state index in [-0.39, 0.29) is 0 Å². The predicted molar refractivity (Wildman–Crippen MR) is 94.6 cm³/mol. The van der Waals surface area contributed by atoms with Crippen LogP contribution in [0.4, 0.5) is 0 Å². The van der Waals surface area contributed by atoms with Crippen LogP contribution in [0.3, 0.4) is 0 Å². The lowest BCUT2D eigenvalue weighted by molar-refractivity contribution is 0.0906. The van der Waals surface area contributed by atoms with Crippen LogP contribution in [-0.2, 0) is 17.9 Å². The lowest BCUT2D eigenvalue weighted by Gasteiger charge is -2.21. The van der Waals surface area contributed by atoms with E-state index in [2.05, 4.69) is 37.5 Å². The molecule has 1 atom stereocenters. The summed E-state index contributed by atoms with van der Waals surface area (Å²) >= 11 is 0. The first-order valence-electron chi connectivity index (χ1n) is 8.40. The van der Waals surface area contributed by atoms with Crippen molar-refractivity contribution in [2.45, 2.75) is 19.6 Å². The lowest BCUT2D eigenvalue weighted by atomic mass is 10.1. The Kier molecular flexibility index (Phi) is 5.85. The summed E-state index contributed by atoms with van der Waals surface area (Å²) < 4.78 is 5.88. The quantitative estimate of drug-likeness (QED) is 0.629. The van der Waals surface area contributed by atoms with Crippen LogP contribution in [0, 0.1) is 5.92 Å². The van der Waals surface area contributed by atoms with Gasteiger partial charge in [0.15, 0.2) is 5.96 Å². The van der Waals surface area contributed by atoms with Gasteiger partial charge in [0, 0.05) is 32.3 Å². The number of ether oxygens (including phenoxy) is 1. The summed E-state index contributed by atoms with van der Waals surface area (Å²) in [5.41, 5.74) is 2.28. The van der Waals surface area contributed by atoms with Gasteiger partial charge in [0.2, 0.25) is 0 Å². The van der Waals surface area contributed by atoms with Crippen LogP contribution in [0.2, 0.25) is 0 Å². The first kappa shape index (κ1) is 16.5. The molecule has 128 valence electrons. The number of likely N-dealkylation sites (tertiary alicyclic amines) is 1. The van der Waals surface area contributed by atoms with Gasteiger partial charge in [-0.25, -0.2) is 0 Å². The highest BCUT2D eigenvalue weighted by molar-refractivity contribution is 5.80. The Morgan fingerprint density at radius 2 is 2.25 bits per heavy atom. The fraction of sp³-hybridized carbons (Fsp3) is 0.444. The van der Waals surface area contributed by atoms with Crippen molar-refractivity contribution in [2.75, 3.05) is 26.7 Å². The number of rotatable bonds is 6. The lowest BCUT2D eigenvalue weighted by Crippen LogP contribution is -2.39. The van der Waals surface area contributed by atoms with Crippen molar-refractivity contribution >= 4 is 5.96 Å². The summed E-state index contributed by atoms with van der Waals surface area (Å²) in [6.45, 7) is 4.19. The van der Waals surface area contributed by atoms with Crippen LogP contribution in [0.15, 0.2) is 47.6 Å². The van der Waals surface area contributed by atoms with Crippen LogP contribution < -0.4 is 5.32 Å². The minimum absolute atomic E-state index is 0.555. The minimum Gasteiger partial charge on any atom is -0.376 e. The molecule has 6 heteroatoms. The summed E-state index contributed by atoms with van der Waals surface area (Å²) in [5, 5.41) is 10.3. The normalized spacial score (nSPS) is 18.1. The Morgan fingerprint density at radius 1 is 1.38 bits per heavy atom. The highest BCUT2D eigenvalue weighted by atomic mass is 16.5. The molecular formula is C18H25N5O. The summed E-state index contributed by atoms with van der Waals surface area (Å²) in [5.74, 6) is 1.49. The number of aromatic nitrogens is 2. The smallest absolute Gasteiger partial charge is 0.193 e. The molecule has 1 aromatic carbocycles. The van der Waals surface area contributed by atoms with Crippen molar-refractivity contribution in [3.8, 4) is 0 Å².